The van der Waals surface area contributed by atoms with Crippen LogP contribution < -0.4 is 0 Å². The van der Waals surface area contributed by atoms with Crippen molar-refractivity contribution < 1.29 is 9.52 Å². The topological polar surface area (TPSA) is 33.4 Å². The van der Waals surface area contributed by atoms with Crippen LogP contribution in [0, 0.1) is 0 Å². The standard InChI is InChI=1S/C14H15ClO2/c15-12-5-3-11(4-6-12)10-13(16)7-8-14-2-1-9-17-14/h1-6,9,13,16H,7-8,10H2. The Bertz CT molecular complexity index is 434. The van der Waals surface area contributed by atoms with E-state index in [9.17, 15) is 5.11 Å². The van der Waals surface area contributed by atoms with Crippen LogP contribution in [-0.4, -0.2) is 11.2 Å². The van der Waals surface area contributed by atoms with Crippen LogP contribution in [-0.2, 0) is 12.8 Å². The summed E-state index contributed by atoms with van der Waals surface area (Å²) in [5, 5.41) is 10.6. The number of furan rings is 1. The van der Waals surface area contributed by atoms with Gasteiger partial charge in [0.25, 0.3) is 0 Å². The zero-order chi connectivity index (χ0) is 12.1. The number of aliphatic hydroxyl groups is 1. The fraction of sp³-hybridized carbons (Fsp3) is 0.286. The second-order valence-electron chi connectivity index (χ2n) is 4.10. The molecule has 17 heavy (non-hydrogen) atoms. The molecule has 1 heterocycles. The van der Waals surface area contributed by atoms with Crippen LogP contribution in [0.5, 0.6) is 0 Å². The summed E-state index contributed by atoms with van der Waals surface area (Å²) in [6.45, 7) is 0. The van der Waals surface area contributed by atoms with Crippen molar-refractivity contribution >= 4 is 11.6 Å². The number of aliphatic hydroxyl groups excluding tert-OH is 1. The fourth-order valence-electron chi connectivity index (χ4n) is 1.76. The van der Waals surface area contributed by atoms with Gasteiger partial charge in [-0.1, -0.05) is 23.7 Å². The van der Waals surface area contributed by atoms with Gasteiger partial charge in [0.2, 0.25) is 0 Å². The minimum absolute atomic E-state index is 0.346. The molecule has 0 saturated heterocycles. The monoisotopic (exact) mass is 250 g/mol. The molecule has 90 valence electrons. The molecule has 2 nitrogen and oxygen atoms in total. The number of hydrogen-bond acceptors (Lipinski definition) is 2. The summed E-state index contributed by atoms with van der Waals surface area (Å²) in [6.07, 6.45) is 3.43. The van der Waals surface area contributed by atoms with E-state index in [-0.39, 0.29) is 6.10 Å². The molecular formula is C14H15ClO2. The van der Waals surface area contributed by atoms with Crippen molar-refractivity contribution in [2.75, 3.05) is 0 Å². The first-order chi connectivity index (χ1) is 8.24. The number of aryl methyl sites for hydroxylation is 1. The van der Waals surface area contributed by atoms with Crippen LogP contribution in [0.1, 0.15) is 17.7 Å². The van der Waals surface area contributed by atoms with Gasteiger partial charge in [0.05, 0.1) is 12.4 Å². The highest BCUT2D eigenvalue weighted by Gasteiger charge is 2.07. The second kappa shape index (κ2) is 5.89. The Labute approximate surface area is 106 Å². The first-order valence-corrected chi connectivity index (χ1v) is 6.07. The molecule has 1 atom stereocenters. The molecule has 2 aromatic rings. The van der Waals surface area contributed by atoms with E-state index in [0.717, 1.165) is 22.8 Å². The summed E-state index contributed by atoms with van der Waals surface area (Å²) in [7, 11) is 0. The molecule has 0 aliphatic carbocycles. The highest BCUT2D eigenvalue weighted by Crippen LogP contribution is 2.13. The van der Waals surface area contributed by atoms with Crippen molar-refractivity contribution in [1.29, 1.82) is 0 Å². The average Bonchev–Trinajstić information content (AvgIpc) is 2.83. The summed E-state index contributed by atoms with van der Waals surface area (Å²) >= 11 is 5.80. The van der Waals surface area contributed by atoms with Crippen LogP contribution >= 0.6 is 11.6 Å². The molecule has 1 unspecified atom stereocenters. The lowest BCUT2D eigenvalue weighted by Crippen LogP contribution is -2.11. The van der Waals surface area contributed by atoms with Crippen LogP contribution in [0.15, 0.2) is 47.1 Å². The van der Waals surface area contributed by atoms with Crippen molar-refractivity contribution in [2.24, 2.45) is 0 Å². The van der Waals surface area contributed by atoms with E-state index in [1.807, 2.05) is 36.4 Å². The minimum atomic E-state index is -0.346. The first-order valence-electron chi connectivity index (χ1n) is 5.69. The Morgan fingerprint density at radius 2 is 1.94 bits per heavy atom. The minimum Gasteiger partial charge on any atom is -0.469 e. The molecule has 0 radical (unpaired) electrons. The van der Waals surface area contributed by atoms with Crippen molar-refractivity contribution in [3.05, 3.63) is 59.0 Å². The molecule has 2 rings (SSSR count). The molecule has 0 bridgehead atoms. The Kier molecular flexibility index (Phi) is 4.24. The molecule has 1 aromatic heterocycles. The number of halogens is 1. The molecule has 0 amide bonds. The molecule has 3 heteroatoms. The van der Waals surface area contributed by atoms with Gasteiger partial charge in [0.15, 0.2) is 0 Å². The smallest absolute Gasteiger partial charge is 0.103 e. The molecule has 0 spiro atoms. The second-order valence-corrected chi connectivity index (χ2v) is 4.54. The number of benzene rings is 1. The van der Waals surface area contributed by atoms with Gasteiger partial charge in [0, 0.05) is 11.4 Å². The van der Waals surface area contributed by atoms with Gasteiger partial charge in [-0.15, -0.1) is 0 Å². The van der Waals surface area contributed by atoms with Gasteiger partial charge in [-0.25, -0.2) is 0 Å². The van der Waals surface area contributed by atoms with Gasteiger partial charge < -0.3 is 9.52 Å². The molecule has 0 fully saturated rings. The third-order valence-electron chi connectivity index (χ3n) is 2.69. The normalized spacial score (nSPS) is 12.6. The van der Waals surface area contributed by atoms with E-state index >= 15 is 0 Å². The van der Waals surface area contributed by atoms with Gasteiger partial charge in [-0.2, -0.15) is 0 Å². The summed E-state index contributed by atoms with van der Waals surface area (Å²) in [5.41, 5.74) is 1.10. The third kappa shape index (κ3) is 3.91. The predicted octanol–water partition coefficient (Wildman–Crippen LogP) is 3.47. The van der Waals surface area contributed by atoms with Crippen LogP contribution in [0.3, 0.4) is 0 Å². The predicted molar refractivity (Wildman–Crippen MR) is 68.2 cm³/mol. The van der Waals surface area contributed by atoms with Gasteiger partial charge in [0.1, 0.15) is 5.76 Å². The van der Waals surface area contributed by atoms with Gasteiger partial charge >= 0.3 is 0 Å². The lowest BCUT2D eigenvalue weighted by atomic mass is 10.0. The highest BCUT2D eigenvalue weighted by molar-refractivity contribution is 6.30. The SMILES string of the molecule is OC(CCc1ccco1)Cc1ccc(Cl)cc1. The van der Waals surface area contributed by atoms with E-state index in [1.165, 1.54) is 0 Å². The molecule has 0 aliphatic heterocycles. The van der Waals surface area contributed by atoms with Crippen molar-refractivity contribution in [1.82, 2.24) is 0 Å². The maximum Gasteiger partial charge on any atom is 0.103 e. The first kappa shape index (κ1) is 12.2. The summed E-state index contributed by atoms with van der Waals surface area (Å²) in [5.74, 6) is 0.917. The molecule has 0 aliphatic rings. The Morgan fingerprint density at radius 3 is 2.59 bits per heavy atom. The Hall–Kier alpha value is -1.25. The largest absolute Gasteiger partial charge is 0.469 e. The van der Waals surface area contributed by atoms with Gasteiger partial charge in [-0.05, 0) is 42.7 Å². The van der Waals surface area contributed by atoms with Crippen molar-refractivity contribution in [2.45, 2.75) is 25.4 Å². The lowest BCUT2D eigenvalue weighted by Gasteiger charge is -2.09. The molecule has 1 N–H and O–H groups in total. The van der Waals surface area contributed by atoms with Crippen molar-refractivity contribution in [3.8, 4) is 0 Å². The fourth-order valence-corrected chi connectivity index (χ4v) is 1.88. The zero-order valence-electron chi connectivity index (χ0n) is 9.47. The molecule has 0 saturated carbocycles. The van der Waals surface area contributed by atoms with E-state index in [4.69, 9.17) is 16.0 Å². The highest BCUT2D eigenvalue weighted by atomic mass is 35.5. The third-order valence-corrected chi connectivity index (χ3v) is 2.94. The maximum absolute atomic E-state index is 9.90. The van der Waals surface area contributed by atoms with E-state index in [2.05, 4.69) is 0 Å². The average molecular weight is 251 g/mol. The molecular weight excluding hydrogens is 236 g/mol. The Morgan fingerprint density at radius 1 is 1.18 bits per heavy atom. The summed E-state index contributed by atoms with van der Waals surface area (Å²) < 4.78 is 5.22. The van der Waals surface area contributed by atoms with Crippen LogP contribution in [0.25, 0.3) is 0 Å². The van der Waals surface area contributed by atoms with E-state index in [0.29, 0.717) is 12.8 Å². The maximum atomic E-state index is 9.90. The van der Waals surface area contributed by atoms with E-state index in [1.54, 1.807) is 6.26 Å². The van der Waals surface area contributed by atoms with Crippen molar-refractivity contribution in [3.63, 3.8) is 0 Å². The zero-order valence-corrected chi connectivity index (χ0v) is 10.2. The van der Waals surface area contributed by atoms with E-state index < -0.39 is 0 Å². The number of rotatable bonds is 5. The quantitative estimate of drug-likeness (QED) is 0.882. The number of hydrogen-bond donors (Lipinski definition) is 1. The Balaban J connectivity index is 1.80. The summed E-state index contributed by atoms with van der Waals surface area (Å²) in [6, 6.07) is 11.4. The van der Waals surface area contributed by atoms with Gasteiger partial charge in [-0.3, -0.25) is 0 Å². The lowest BCUT2D eigenvalue weighted by molar-refractivity contribution is 0.163. The van der Waals surface area contributed by atoms with Crippen LogP contribution in [0.2, 0.25) is 5.02 Å². The van der Waals surface area contributed by atoms with Crippen LogP contribution in [0.4, 0.5) is 0 Å². The summed E-state index contributed by atoms with van der Waals surface area (Å²) in [4.78, 5) is 0. The molecule has 1 aromatic carbocycles.